The number of anilines is 1. The third-order valence-electron chi connectivity index (χ3n) is 7.50. The zero-order valence-corrected chi connectivity index (χ0v) is 22.9. The van der Waals surface area contributed by atoms with Crippen LogP contribution in [0.5, 0.6) is 0 Å². The number of H-pyrrole nitrogens is 1. The Morgan fingerprint density at radius 1 is 1.05 bits per heavy atom. The zero-order valence-electron chi connectivity index (χ0n) is 22.9. The second-order valence-electron chi connectivity index (χ2n) is 11.4. The van der Waals surface area contributed by atoms with E-state index in [-0.39, 0.29) is 35.9 Å². The summed E-state index contributed by atoms with van der Waals surface area (Å²) in [6.07, 6.45) is 3.66. The SMILES string of the molecule is CC1(C)CN(C(=O)c2ccc[nH]2)Cc2c(C(=O)Nc3cccc(C(=O)NC4CC4)c3)nn(Cc3ccc(F)cc3)c21. The summed E-state index contributed by atoms with van der Waals surface area (Å²) in [5.74, 6) is -1.11. The molecule has 3 heterocycles. The predicted octanol–water partition coefficient (Wildman–Crippen LogP) is 4.48. The molecule has 210 valence electrons. The molecule has 9 nitrogen and oxygen atoms in total. The summed E-state index contributed by atoms with van der Waals surface area (Å²) in [6, 6.07) is 16.7. The molecule has 1 fully saturated rings. The van der Waals surface area contributed by atoms with Gasteiger partial charge in [-0.1, -0.05) is 32.0 Å². The number of nitrogens with one attached hydrogen (secondary N) is 3. The Balaban J connectivity index is 1.34. The highest BCUT2D eigenvalue weighted by atomic mass is 19.1. The van der Waals surface area contributed by atoms with E-state index in [1.54, 1.807) is 64.3 Å². The van der Waals surface area contributed by atoms with Crippen LogP contribution in [0.4, 0.5) is 10.1 Å². The first kappa shape index (κ1) is 26.5. The molecular weight excluding hydrogens is 523 g/mol. The summed E-state index contributed by atoms with van der Waals surface area (Å²) < 4.78 is 15.4. The average molecular weight is 555 g/mol. The van der Waals surface area contributed by atoms with E-state index in [4.69, 9.17) is 5.10 Å². The van der Waals surface area contributed by atoms with Crippen LogP contribution in [-0.2, 0) is 18.5 Å². The topological polar surface area (TPSA) is 112 Å². The first-order chi connectivity index (χ1) is 19.7. The number of benzene rings is 2. The van der Waals surface area contributed by atoms with Gasteiger partial charge in [-0.25, -0.2) is 4.39 Å². The Hall–Kier alpha value is -4.73. The Labute approximate surface area is 236 Å². The fourth-order valence-corrected chi connectivity index (χ4v) is 5.47. The second-order valence-corrected chi connectivity index (χ2v) is 11.4. The standard InChI is InChI=1S/C31H31FN6O3/c1-31(2)18-37(30(41)25-7-4-14-33-25)17-24-26(36-38(27(24)31)16-19-8-10-21(32)11-9-19)29(40)35-23-6-3-5-20(15-23)28(39)34-22-12-13-22/h3-11,14-15,22,33H,12-13,16-18H2,1-2H3,(H,34,39)(H,35,40). The normalized spacial score (nSPS) is 15.7. The van der Waals surface area contributed by atoms with Gasteiger partial charge >= 0.3 is 0 Å². The Bertz CT molecular complexity index is 1620. The molecule has 0 spiro atoms. The van der Waals surface area contributed by atoms with Crippen molar-refractivity contribution in [2.75, 3.05) is 11.9 Å². The third-order valence-corrected chi connectivity index (χ3v) is 7.50. The van der Waals surface area contributed by atoms with Crippen LogP contribution in [-0.4, -0.2) is 50.0 Å². The van der Waals surface area contributed by atoms with Crippen LogP contribution in [0.3, 0.4) is 0 Å². The molecule has 0 unspecified atom stereocenters. The van der Waals surface area contributed by atoms with Gasteiger partial charge < -0.3 is 20.5 Å². The van der Waals surface area contributed by atoms with Crippen LogP contribution in [0, 0.1) is 5.82 Å². The van der Waals surface area contributed by atoms with Crippen molar-refractivity contribution in [3.63, 3.8) is 0 Å². The molecule has 0 bridgehead atoms. The first-order valence-electron chi connectivity index (χ1n) is 13.7. The van der Waals surface area contributed by atoms with Crippen LogP contribution < -0.4 is 10.6 Å². The fraction of sp³-hybridized carbons (Fsp3) is 0.290. The van der Waals surface area contributed by atoms with Crippen molar-refractivity contribution in [3.05, 3.63) is 106 Å². The number of rotatable bonds is 7. The molecule has 6 rings (SSSR count). The van der Waals surface area contributed by atoms with Gasteiger partial charge in [0.05, 0.1) is 18.8 Å². The Morgan fingerprint density at radius 3 is 2.54 bits per heavy atom. The van der Waals surface area contributed by atoms with Gasteiger partial charge in [0.15, 0.2) is 5.69 Å². The molecule has 4 aromatic rings. The smallest absolute Gasteiger partial charge is 0.276 e. The molecule has 1 aliphatic carbocycles. The molecule has 3 amide bonds. The number of hydrogen-bond acceptors (Lipinski definition) is 4. The maximum Gasteiger partial charge on any atom is 0.276 e. The zero-order chi connectivity index (χ0) is 28.7. The molecule has 3 N–H and O–H groups in total. The molecule has 0 atom stereocenters. The van der Waals surface area contributed by atoms with Crippen LogP contribution >= 0.6 is 0 Å². The Morgan fingerprint density at radius 2 is 1.83 bits per heavy atom. The number of nitrogens with zero attached hydrogens (tertiary/aromatic N) is 3. The van der Waals surface area contributed by atoms with Crippen LogP contribution in [0.2, 0.25) is 0 Å². The van der Waals surface area contributed by atoms with E-state index < -0.39 is 11.3 Å². The van der Waals surface area contributed by atoms with E-state index in [9.17, 15) is 18.8 Å². The van der Waals surface area contributed by atoms with Crippen molar-refractivity contribution in [1.29, 1.82) is 0 Å². The van der Waals surface area contributed by atoms with Gasteiger partial charge in [-0.05, 0) is 60.9 Å². The molecule has 1 saturated carbocycles. The lowest BCUT2D eigenvalue weighted by molar-refractivity contribution is 0.0674. The van der Waals surface area contributed by atoms with Gasteiger partial charge in [-0.15, -0.1) is 0 Å². The average Bonchev–Trinajstić information content (AvgIpc) is 3.43. The van der Waals surface area contributed by atoms with Crippen molar-refractivity contribution in [3.8, 4) is 0 Å². The molecular formula is C31H31FN6O3. The number of amides is 3. The number of aromatic nitrogens is 3. The van der Waals surface area contributed by atoms with Crippen molar-refractivity contribution >= 4 is 23.4 Å². The van der Waals surface area contributed by atoms with E-state index in [0.717, 1.165) is 24.1 Å². The minimum atomic E-state index is -0.539. The van der Waals surface area contributed by atoms with E-state index in [1.165, 1.54) is 12.1 Å². The fourth-order valence-electron chi connectivity index (χ4n) is 5.47. The maximum atomic E-state index is 13.7. The highest BCUT2D eigenvalue weighted by Crippen LogP contribution is 2.36. The maximum absolute atomic E-state index is 13.7. The summed E-state index contributed by atoms with van der Waals surface area (Å²) in [7, 11) is 0. The quantitative estimate of drug-likeness (QED) is 0.313. The van der Waals surface area contributed by atoms with E-state index >= 15 is 0 Å². The molecule has 2 aromatic heterocycles. The van der Waals surface area contributed by atoms with E-state index in [0.29, 0.717) is 35.6 Å². The summed E-state index contributed by atoms with van der Waals surface area (Å²) in [6.45, 7) is 5.00. The van der Waals surface area contributed by atoms with Crippen molar-refractivity contribution in [2.45, 2.75) is 51.2 Å². The van der Waals surface area contributed by atoms with E-state index in [2.05, 4.69) is 15.6 Å². The van der Waals surface area contributed by atoms with Crippen LogP contribution in [0.25, 0.3) is 0 Å². The molecule has 0 saturated heterocycles. The monoisotopic (exact) mass is 554 g/mol. The molecule has 0 radical (unpaired) electrons. The number of hydrogen-bond donors (Lipinski definition) is 3. The van der Waals surface area contributed by atoms with Crippen molar-refractivity contribution < 1.29 is 18.8 Å². The van der Waals surface area contributed by atoms with Crippen LogP contribution in [0.1, 0.15) is 74.8 Å². The Kier molecular flexibility index (Phi) is 6.69. The minimum absolute atomic E-state index is 0.166. The largest absolute Gasteiger partial charge is 0.357 e. The van der Waals surface area contributed by atoms with Gasteiger partial charge in [0.25, 0.3) is 17.7 Å². The van der Waals surface area contributed by atoms with Gasteiger partial charge in [0.2, 0.25) is 0 Å². The second kappa shape index (κ2) is 10.3. The molecule has 10 heteroatoms. The molecule has 41 heavy (non-hydrogen) atoms. The summed E-state index contributed by atoms with van der Waals surface area (Å²) in [5, 5.41) is 10.6. The lowest BCUT2D eigenvalue weighted by Gasteiger charge is -2.38. The lowest BCUT2D eigenvalue weighted by Crippen LogP contribution is -2.46. The molecule has 2 aliphatic rings. The predicted molar refractivity (Wildman–Crippen MR) is 151 cm³/mol. The number of carbonyl (C=O) groups excluding carboxylic acids is 3. The van der Waals surface area contributed by atoms with E-state index in [1.807, 2.05) is 13.8 Å². The first-order valence-corrected chi connectivity index (χ1v) is 13.7. The van der Waals surface area contributed by atoms with Crippen molar-refractivity contribution in [1.82, 2.24) is 25.0 Å². The van der Waals surface area contributed by atoms with Gasteiger partial charge in [0.1, 0.15) is 11.5 Å². The summed E-state index contributed by atoms with van der Waals surface area (Å²) in [5.41, 5.74) is 3.39. The van der Waals surface area contributed by atoms with Gasteiger partial charge in [0, 0.05) is 41.0 Å². The third kappa shape index (κ3) is 5.50. The number of fused-ring (bicyclic) bond motifs is 1. The summed E-state index contributed by atoms with van der Waals surface area (Å²) >= 11 is 0. The minimum Gasteiger partial charge on any atom is -0.357 e. The van der Waals surface area contributed by atoms with Crippen molar-refractivity contribution in [2.24, 2.45) is 0 Å². The highest BCUT2D eigenvalue weighted by Gasteiger charge is 2.41. The van der Waals surface area contributed by atoms with Crippen LogP contribution in [0.15, 0.2) is 66.9 Å². The number of carbonyl (C=O) groups is 3. The number of aromatic amines is 1. The van der Waals surface area contributed by atoms with Gasteiger partial charge in [-0.2, -0.15) is 5.10 Å². The summed E-state index contributed by atoms with van der Waals surface area (Å²) in [4.78, 5) is 44.3. The number of halogens is 1. The molecule has 2 aromatic carbocycles. The van der Waals surface area contributed by atoms with Gasteiger partial charge in [-0.3, -0.25) is 19.1 Å². The molecule has 1 aliphatic heterocycles. The highest BCUT2D eigenvalue weighted by molar-refractivity contribution is 6.05. The lowest BCUT2D eigenvalue weighted by atomic mass is 9.82.